The zero-order chi connectivity index (χ0) is 8.69. The lowest BCUT2D eigenvalue weighted by molar-refractivity contribution is -0.112. The van der Waals surface area contributed by atoms with Gasteiger partial charge in [-0.05, 0) is 20.0 Å². The van der Waals surface area contributed by atoms with E-state index in [9.17, 15) is 4.79 Å². The predicted octanol–water partition coefficient (Wildman–Crippen LogP) is 0.0557. The van der Waals surface area contributed by atoms with Gasteiger partial charge in [0.25, 0.3) is 0 Å². The van der Waals surface area contributed by atoms with Crippen LogP contribution < -0.4 is 0 Å². The molecule has 0 aromatic carbocycles. The van der Waals surface area contributed by atoms with Crippen molar-refractivity contribution in [2.75, 3.05) is 26.7 Å². The Kier molecular flexibility index (Phi) is 5.70. The second-order valence-electron chi connectivity index (χ2n) is 2.50. The molecule has 0 spiro atoms. The number of nitrogens with zero attached hydrogens (tertiary/aromatic N) is 1. The number of carbonyl (C=O) groups is 1. The fourth-order valence-electron chi connectivity index (χ4n) is 0.661. The molecule has 0 saturated heterocycles. The molecule has 0 amide bonds. The predicted molar refractivity (Wildman–Crippen MR) is 44.4 cm³/mol. The lowest BCUT2D eigenvalue weighted by Gasteiger charge is -2.10. The van der Waals surface area contributed by atoms with Crippen molar-refractivity contribution in [1.82, 2.24) is 4.90 Å². The maximum Gasteiger partial charge on any atom is 0.152 e. The van der Waals surface area contributed by atoms with Gasteiger partial charge in [0, 0.05) is 13.1 Å². The van der Waals surface area contributed by atoms with Crippen LogP contribution in [0.3, 0.4) is 0 Å². The van der Waals surface area contributed by atoms with Crippen molar-refractivity contribution in [2.24, 2.45) is 0 Å². The summed E-state index contributed by atoms with van der Waals surface area (Å²) < 4.78 is 0. The highest BCUT2D eigenvalue weighted by Gasteiger charge is 1.91. The van der Waals surface area contributed by atoms with Crippen LogP contribution in [-0.4, -0.2) is 42.5 Å². The van der Waals surface area contributed by atoms with Crippen molar-refractivity contribution >= 4 is 5.78 Å². The molecule has 0 aliphatic heterocycles. The number of rotatable bonds is 5. The zero-order valence-electron chi connectivity index (χ0n) is 7.08. The Morgan fingerprint density at radius 3 is 2.73 bits per heavy atom. The fraction of sp³-hybridized carbons (Fsp3) is 0.625. The van der Waals surface area contributed by atoms with E-state index in [1.54, 1.807) is 6.08 Å². The van der Waals surface area contributed by atoms with Crippen molar-refractivity contribution < 1.29 is 9.90 Å². The summed E-state index contributed by atoms with van der Waals surface area (Å²) in [6.45, 7) is 3.02. The number of likely N-dealkylation sites (N-methyl/N-ethyl adjacent to an activating group) is 1. The summed E-state index contributed by atoms with van der Waals surface area (Å²) in [7, 11) is 1.89. The van der Waals surface area contributed by atoms with Gasteiger partial charge in [-0.25, -0.2) is 0 Å². The van der Waals surface area contributed by atoms with Crippen molar-refractivity contribution in [2.45, 2.75) is 6.92 Å². The normalized spacial score (nSPS) is 11.3. The molecule has 0 saturated carbocycles. The summed E-state index contributed by atoms with van der Waals surface area (Å²) in [5.74, 6) is 0.0578. The molecule has 0 aromatic heterocycles. The Labute approximate surface area is 67.3 Å². The first kappa shape index (κ1) is 10.3. The number of allylic oxidation sites excluding steroid dienone is 1. The summed E-state index contributed by atoms with van der Waals surface area (Å²) in [6, 6.07) is 0. The lowest BCUT2D eigenvalue weighted by Crippen LogP contribution is -2.21. The highest BCUT2D eigenvalue weighted by molar-refractivity contribution is 5.87. The molecule has 0 aromatic rings. The van der Waals surface area contributed by atoms with E-state index in [-0.39, 0.29) is 12.4 Å². The third-order valence-electron chi connectivity index (χ3n) is 1.25. The topological polar surface area (TPSA) is 40.5 Å². The summed E-state index contributed by atoms with van der Waals surface area (Å²) in [5, 5.41) is 8.51. The summed E-state index contributed by atoms with van der Waals surface area (Å²) in [5.41, 5.74) is 0. The molecule has 1 N–H and O–H groups in total. The van der Waals surface area contributed by atoms with Crippen molar-refractivity contribution in [1.29, 1.82) is 0 Å². The Morgan fingerprint density at radius 2 is 2.27 bits per heavy atom. The van der Waals surface area contributed by atoms with Crippen LogP contribution in [0.5, 0.6) is 0 Å². The largest absolute Gasteiger partial charge is 0.395 e. The first-order chi connectivity index (χ1) is 5.16. The second kappa shape index (κ2) is 6.07. The molecule has 0 unspecified atom stereocenters. The molecule has 11 heavy (non-hydrogen) atoms. The van der Waals surface area contributed by atoms with Crippen molar-refractivity contribution in [3.63, 3.8) is 0 Å². The first-order valence-electron chi connectivity index (χ1n) is 3.63. The van der Waals surface area contributed by atoms with E-state index in [1.165, 1.54) is 13.0 Å². The van der Waals surface area contributed by atoms with Crippen molar-refractivity contribution in [3.8, 4) is 0 Å². The van der Waals surface area contributed by atoms with Crippen LogP contribution >= 0.6 is 0 Å². The van der Waals surface area contributed by atoms with Crippen LogP contribution in [0.4, 0.5) is 0 Å². The highest BCUT2D eigenvalue weighted by atomic mass is 16.3. The Hall–Kier alpha value is -0.670. The molecule has 0 radical (unpaired) electrons. The minimum absolute atomic E-state index is 0.0578. The molecule has 64 valence electrons. The molecule has 0 bridgehead atoms. The van der Waals surface area contributed by atoms with E-state index in [1.807, 2.05) is 11.9 Å². The maximum absolute atomic E-state index is 10.4. The third-order valence-corrected chi connectivity index (χ3v) is 1.25. The number of hydrogen-bond donors (Lipinski definition) is 1. The average Bonchev–Trinajstić information content (AvgIpc) is 1.87. The summed E-state index contributed by atoms with van der Waals surface area (Å²) >= 11 is 0. The van der Waals surface area contributed by atoms with Gasteiger partial charge in [0.1, 0.15) is 0 Å². The zero-order valence-corrected chi connectivity index (χ0v) is 7.08. The molecule has 3 nitrogen and oxygen atoms in total. The molecular formula is C8H15NO2. The molecule has 3 heteroatoms. The number of hydrogen-bond acceptors (Lipinski definition) is 3. The molecule has 0 aliphatic carbocycles. The molecule has 0 fully saturated rings. The van der Waals surface area contributed by atoms with Crippen LogP contribution in [0.25, 0.3) is 0 Å². The standard InChI is InChI=1S/C8H15NO2/c1-8(11)4-3-5-9(2)6-7-10/h3-4,10H,5-7H2,1-2H3/b4-3+. The minimum Gasteiger partial charge on any atom is -0.395 e. The number of aliphatic hydroxyl groups is 1. The van der Waals surface area contributed by atoms with Gasteiger partial charge in [0.05, 0.1) is 6.61 Å². The van der Waals surface area contributed by atoms with Crippen LogP contribution in [0, 0.1) is 0 Å². The number of ketones is 1. The SMILES string of the molecule is CC(=O)/C=C/CN(C)CCO. The molecular weight excluding hydrogens is 142 g/mol. The molecule has 0 atom stereocenters. The van der Waals surface area contributed by atoms with Gasteiger partial charge in [-0.2, -0.15) is 0 Å². The summed E-state index contributed by atoms with van der Waals surface area (Å²) in [4.78, 5) is 12.4. The quantitative estimate of drug-likeness (QED) is 0.573. The van der Waals surface area contributed by atoms with E-state index in [4.69, 9.17) is 5.11 Å². The Balaban J connectivity index is 3.44. The van der Waals surface area contributed by atoms with E-state index < -0.39 is 0 Å². The minimum atomic E-state index is 0.0578. The van der Waals surface area contributed by atoms with Gasteiger partial charge in [-0.1, -0.05) is 6.08 Å². The Bertz CT molecular complexity index is 143. The van der Waals surface area contributed by atoms with Gasteiger partial charge < -0.3 is 10.0 Å². The van der Waals surface area contributed by atoms with Gasteiger partial charge in [0.2, 0.25) is 0 Å². The second-order valence-corrected chi connectivity index (χ2v) is 2.50. The van der Waals surface area contributed by atoms with Gasteiger partial charge >= 0.3 is 0 Å². The van der Waals surface area contributed by atoms with E-state index in [2.05, 4.69) is 0 Å². The Morgan fingerprint density at radius 1 is 1.64 bits per heavy atom. The van der Waals surface area contributed by atoms with Crippen LogP contribution in [0.1, 0.15) is 6.92 Å². The van der Waals surface area contributed by atoms with Crippen molar-refractivity contribution in [3.05, 3.63) is 12.2 Å². The van der Waals surface area contributed by atoms with Gasteiger partial charge in [-0.15, -0.1) is 0 Å². The first-order valence-corrected chi connectivity index (χ1v) is 3.63. The van der Waals surface area contributed by atoms with Crippen LogP contribution in [-0.2, 0) is 4.79 Å². The summed E-state index contributed by atoms with van der Waals surface area (Å²) in [6.07, 6.45) is 3.33. The smallest absolute Gasteiger partial charge is 0.152 e. The van der Waals surface area contributed by atoms with Gasteiger partial charge in [-0.3, -0.25) is 4.79 Å². The van der Waals surface area contributed by atoms with Crippen LogP contribution in [0.15, 0.2) is 12.2 Å². The lowest BCUT2D eigenvalue weighted by atomic mass is 10.4. The average molecular weight is 157 g/mol. The maximum atomic E-state index is 10.4. The highest BCUT2D eigenvalue weighted by Crippen LogP contribution is 1.82. The van der Waals surface area contributed by atoms with E-state index in [0.29, 0.717) is 13.1 Å². The monoisotopic (exact) mass is 157 g/mol. The van der Waals surface area contributed by atoms with E-state index >= 15 is 0 Å². The molecule has 0 aliphatic rings. The van der Waals surface area contributed by atoms with Gasteiger partial charge in [0.15, 0.2) is 5.78 Å². The van der Waals surface area contributed by atoms with E-state index in [0.717, 1.165) is 0 Å². The molecule has 0 heterocycles. The number of aliphatic hydroxyl groups excluding tert-OH is 1. The third kappa shape index (κ3) is 7.22. The number of carbonyl (C=O) groups excluding carboxylic acids is 1. The van der Waals surface area contributed by atoms with Crippen LogP contribution in [0.2, 0.25) is 0 Å². The fourth-order valence-corrected chi connectivity index (χ4v) is 0.661. The molecule has 0 rings (SSSR count).